The standard InChI is InChI=1S/C42H26O/c1-2-13-28(14-3-1)30-25-26-37(41-36-22-10-11-24-38(36)43-42(30)41)40-34-20-8-6-18-32(34)39(33-19-7-9-21-35(33)40)31-23-12-16-27-15-4-5-17-29(27)31/h1-26H/i16D. The van der Waals surface area contributed by atoms with Gasteiger partial charge in [-0.15, -0.1) is 0 Å². The fourth-order valence-electron chi connectivity index (χ4n) is 6.96. The van der Waals surface area contributed by atoms with Crippen LogP contribution in [0.3, 0.4) is 0 Å². The second-order valence-electron chi connectivity index (χ2n) is 11.1. The predicted octanol–water partition coefficient (Wildman–Crippen LogP) is 12.0. The van der Waals surface area contributed by atoms with E-state index >= 15 is 0 Å². The van der Waals surface area contributed by atoms with Crippen LogP contribution in [0, 0.1) is 0 Å². The van der Waals surface area contributed by atoms with Gasteiger partial charge in [0.1, 0.15) is 11.2 Å². The Morgan fingerprint density at radius 2 is 0.930 bits per heavy atom. The molecule has 0 aliphatic rings. The summed E-state index contributed by atoms with van der Waals surface area (Å²) in [7, 11) is 0. The Morgan fingerprint density at radius 3 is 1.63 bits per heavy atom. The van der Waals surface area contributed by atoms with Gasteiger partial charge in [-0.1, -0.05) is 146 Å². The Morgan fingerprint density at radius 1 is 0.395 bits per heavy atom. The van der Waals surface area contributed by atoms with Crippen LogP contribution in [0.5, 0.6) is 0 Å². The lowest BCUT2D eigenvalue weighted by Gasteiger charge is -2.19. The minimum absolute atomic E-state index is 0.544. The predicted molar refractivity (Wildman–Crippen MR) is 183 cm³/mol. The van der Waals surface area contributed by atoms with E-state index in [1.807, 2.05) is 24.3 Å². The van der Waals surface area contributed by atoms with Crippen LogP contribution in [0.4, 0.5) is 0 Å². The smallest absolute Gasteiger partial charge is 0.143 e. The molecule has 1 heteroatoms. The summed E-state index contributed by atoms with van der Waals surface area (Å²) < 4.78 is 15.3. The second kappa shape index (κ2) is 9.44. The molecule has 0 amide bonds. The number of hydrogen-bond acceptors (Lipinski definition) is 1. The van der Waals surface area contributed by atoms with Crippen molar-refractivity contribution >= 4 is 54.3 Å². The zero-order chi connectivity index (χ0) is 29.2. The van der Waals surface area contributed by atoms with Gasteiger partial charge in [0.2, 0.25) is 0 Å². The molecule has 1 aromatic heterocycles. The molecule has 0 saturated carbocycles. The number of benzene rings is 8. The average molecular weight is 548 g/mol. The van der Waals surface area contributed by atoms with Gasteiger partial charge in [-0.25, -0.2) is 0 Å². The van der Waals surface area contributed by atoms with Gasteiger partial charge in [-0.05, 0) is 72.3 Å². The second-order valence-corrected chi connectivity index (χ2v) is 11.1. The molecule has 0 saturated heterocycles. The molecule has 200 valence electrons. The third-order valence-corrected chi connectivity index (χ3v) is 8.79. The Labute approximate surface area is 250 Å². The van der Waals surface area contributed by atoms with Crippen molar-refractivity contribution in [3.63, 3.8) is 0 Å². The summed E-state index contributed by atoms with van der Waals surface area (Å²) in [4.78, 5) is 0. The van der Waals surface area contributed by atoms with E-state index in [4.69, 9.17) is 5.79 Å². The van der Waals surface area contributed by atoms with Gasteiger partial charge in [0, 0.05) is 16.3 Å². The summed E-state index contributed by atoms with van der Waals surface area (Å²) in [6, 6.07) is 53.8. The minimum atomic E-state index is 0.544. The Hall–Kier alpha value is -5.66. The molecular weight excluding hydrogens is 520 g/mol. The molecule has 1 heterocycles. The van der Waals surface area contributed by atoms with Crippen LogP contribution in [-0.2, 0) is 0 Å². The van der Waals surface area contributed by atoms with Crippen LogP contribution in [0.25, 0.3) is 87.6 Å². The maximum atomic E-state index is 8.59. The van der Waals surface area contributed by atoms with Gasteiger partial charge < -0.3 is 4.42 Å². The number of rotatable bonds is 3. The molecule has 0 radical (unpaired) electrons. The molecule has 1 nitrogen and oxygen atoms in total. The summed E-state index contributed by atoms with van der Waals surface area (Å²) in [5, 5.41) is 9.08. The van der Waals surface area contributed by atoms with Gasteiger partial charge in [0.25, 0.3) is 0 Å². The van der Waals surface area contributed by atoms with Crippen molar-refractivity contribution in [1.82, 2.24) is 0 Å². The van der Waals surface area contributed by atoms with Crippen LogP contribution in [0.2, 0.25) is 0 Å². The van der Waals surface area contributed by atoms with E-state index in [2.05, 4.69) is 127 Å². The molecule has 0 unspecified atom stereocenters. The normalized spacial score (nSPS) is 12.0. The molecule has 8 aromatic carbocycles. The lowest BCUT2D eigenvalue weighted by atomic mass is 9.83. The van der Waals surface area contributed by atoms with Crippen molar-refractivity contribution in [3.05, 3.63) is 158 Å². The van der Waals surface area contributed by atoms with E-state index in [0.717, 1.165) is 55.0 Å². The SMILES string of the molecule is [2H]c1ccc(-c2c3ccccc3c(-c3ccc(-c4ccccc4)c4oc5ccccc5c34)c3ccccc23)c2ccccc12. The monoisotopic (exact) mass is 547 g/mol. The van der Waals surface area contributed by atoms with Crippen molar-refractivity contribution < 1.29 is 5.79 Å². The summed E-state index contributed by atoms with van der Waals surface area (Å²) >= 11 is 0. The summed E-state index contributed by atoms with van der Waals surface area (Å²) in [5.74, 6) is 0. The van der Waals surface area contributed by atoms with Crippen LogP contribution >= 0.6 is 0 Å². The van der Waals surface area contributed by atoms with Crippen molar-refractivity contribution in [3.8, 4) is 33.4 Å². The van der Waals surface area contributed by atoms with Crippen molar-refractivity contribution in [1.29, 1.82) is 0 Å². The summed E-state index contributed by atoms with van der Waals surface area (Å²) in [6.45, 7) is 0. The molecule has 0 bridgehead atoms. The van der Waals surface area contributed by atoms with Crippen LogP contribution in [0.15, 0.2) is 162 Å². The topological polar surface area (TPSA) is 13.1 Å². The largest absolute Gasteiger partial charge is 0.455 e. The molecule has 0 atom stereocenters. The highest BCUT2D eigenvalue weighted by Crippen LogP contribution is 2.49. The quantitative estimate of drug-likeness (QED) is 0.201. The summed E-state index contributed by atoms with van der Waals surface area (Å²) in [6.07, 6.45) is 0. The van der Waals surface area contributed by atoms with E-state index in [9.17, 15) is 0 Å². The first-order valence-electron chi connectivity index (χ1n) is 15.2. The lowest BCUT2D eigenvalue weighted by molar-refractivity contribution is 0.670. The van der Waals surface area contributed by atoms with Gasteiger partial charge in [-0.3, -0.25) is 0 Å². The van der Waals surface area contributed by atoms with E-state index in [0.29, 0.717) is 6.04 Å². The third-order valence-electron chi connectivity index (χ3n) is 8.79. The highest BCUT2D eigenvalue weighted by molar-refractivity contribution is 6.27. The van der Waals surface area contributed by atoms with E-state index < -0.39 is 0 Å². The van der Waals surface area contributed by atoms with Crippen LogP contribution in [0.1, 0.15) is 1.37 Å². The fourth-order valence-corrected chi connectivity index (χ4v) is 6.96. The number of fused-ring (bicyclic) bond motifs is 6. The highest BCUT2D eigenvalue weighted by atomic mass is 16.3. The average Bonchev–Trinajstić information content (AvgIpc) is 3.48. The zero-order valence-electron chi connectivity index (χ0n) is 24.3. The summed E-state index contributed by atoms with van der Waals surface area (Å²) in [5.41, 5.74) is 8.74. The number of para-hydroxylation sites is 1. The number of furan rings is 1. The molecule has 0 aliphatic carbocycles. The maximum absolute atomic E-state index is 8.59. The van der Waals surface area contributed by atoms with Gasteiger partial charge in [-0.2, -0.15) is 0 Å². The molecular formula is C42H26O. The van der Waals surface area contributed by atoms with Gasteiger partial charge in [0.15, 0.2) is 0 Å². The lowest BCUT2D eigenvalue weighted by Crippen LogP contribution is -1.92. The third kappa shape index (κ3) is 3.58. The van der Waals surface area contributed by atoms with Gasteiger partial charge >= 0.3 is 0 Å². The van der Waals surface area contributed by atoms with Gasteiger partial charge in [0.05, 0.1) is 1.37 Å². The Bertz CT molecular complexity index is 2500. The van der Waals surface area contributed by atoms with E-state index in [1.54, 1.807) is 0 Å². The zero-order valence-corrected chi connectivity index (χ0v) is 23.3. The Kier molecular flexibility index (Phi) is 5.04. The van der Waals surface area contributed by atoms with E-state index in [1.165, 1.54) is 32.7 Å². The van der Waals surface area contributed by atoms with Crippen LogP contribution < -0.4 is 0 Å². The van der Waals surface area contributed by atoms with E-state index in [-0.39, 0.29) is 0 Å². The van der Waals surface area contributed by atoms with Crippen LogP contribution in [-0.4, -0.2) is 0 Å². The minimum Gasteiger partial charge on any atom is -0.455 e. The molecule has 43 heavy (non-hydrogen) atoms. The molecule has 0 spiro atoms. The first kappa shape index (κ1) is 23.0. The highest BCUT2D eigenvalue weighted by Gasteiger charge is 2.22. The Balaban J connectivity index is 1.45. The van der Waals surface area contributed by atoms with Crippen molar-refractivity contribution in [2.24, 2.45) is 0 Å². The molecule has 0 aliphatic heterocycles. The van der Waals surface area contributed by atoms with Crippen molar-refractivity contribution in [2.45, 2.75) is 0 Å². The maximum Gasteiger partial charge on any atom is 0.143 e. The first-order chi connectivity index (χ1) is 21.8. The molecule has 0 N–H and O–H groups in total. The first-order valence-corrected chi connectivity index (χ1v) is 14.7. The molecule has 0 fully saturated rings. The number of hydrogen-bond donors (Lipinski definition) is 0. The molecule has 9 aromatic rings. The van der Waals surface area contributed by atoms with Crippen molar-refractivity contribution in [2.75, 3.05) is 0 Å². The molecule has 9 rings (SSSR count). The fraction of sp³-hybridized carbons (Fsp3) is 0.